The van der Waals surface area contributed by atoms with Crippen LogP contribution in [-0.4, -0.2) is 23.3 Å². The number of ether oxygens (including phenoxy) is 1. The molecule has 4 aromatic rings. The highest BCUT2D eigenvalue weighted by molar-refractivity contribution is 6.30. The van der Waals surface area contributed by atoms with E-state index in [1.54, 1.807) is 30.2 Å². The molecular weight excluding hydrogens is 464 g/mol. The van der Waals surface area contributed by atoms with Crippen LogP contribution in [0.5, 0.6) is 5.75 Å². The van der Waals surface area contributed by atoms with Crippen LogP contribution < -0.4 is 15.0 Å². The first-order valence-electron chi connectivity index (χ1n) is 11.1. The summed E-state index contributed by atoms with van der Waals surface area (Å²) in [6, 6.07) is 21.8. The summed E-state index contributed by atoms with van der Waals surface area (Å²) in [4.78, 5) is 19.6. The van der Waals surface area contributed by atoms with Crippen molar-refractivity contribution in [2.75, 3.05) is 12.0 Å². The van der Waals surface area contributed by atoms with Gasteiger partial charge in [0.15, 0.2) is 0 Å². The van der Waals surface area contributed by atoms with E-state index in [0.717, 1.165) is 16.7 Å². The molecule has 1 unspecified atom stereocenters. The first-order chi connectivity index (χ1) is 16.9. The van der Waals surface area contributed by atoms with E-state index in [4.69, 9.17) is 20.9 Å². The van der Waals surface area contributed by atoms with Crippen molar-refractivity contribution in [3.05, 3.63) is 101 Å². The van der Waals surface area contributed by atoms with E-state index < -0.39 is 6.04 Å². The largest absolute Gasteiger partial charge is 0.497 e. The molecule has 0 spiro atoms. The Morgan fingerprint density at radius 1 is 1.03 bits per heavy atom. The van der Waals surface area contributed by atoms with Gasteiger partial charge in [0.05, 0.1) is 24.4 Å². The second-order valence-electron chi connectivity index (χ2n) is 8.26. The van der Waals surface area contributed by atoms with Crippen molar-refractivity contribution >= 4 is 28.9 Å². The number of rotatable bonds is 5. The number of amides is 2. The third-order valence-corrected chi connectivity index (χ3v) is 6.22. The highest BCUT2D eigenvalue weighted by Gasteiger charge is 2.36. The molecule has 1 N–H and O–H groups in total. The van der Waals surface area contributed by atoms with Gasteiger partial charge in [0.25, 0.3) is 5.89 Å². The summed E-state index contributed by atoms with van der Waals surface area (Å²) in [6.07, 6.45) is 0. The Bertz CT molecular complexity index is 1410. The summed E-state index contributed by atoms with van der Waals surface area (Å²) in [5.74, 6) is 1.41. The van der Waals surface area contributed by atoms with Crippen molar-refractivity contribution in [1.29, 1.82) is 0 Å². The van der Waals surface area contributed by atoms with Crippen molar-refractivity contribution in [1.82, 2.24) is 15.5 Å². The Balaban J connectivity index is 1.65. The lowest BCUT2D eigenvalue weighted by molar-refractivity contribution is 0.244. The second kappa shape index (κ2) is 9.27. The quantitative estimate of drug-likeness (QED) is 0.352. The number of nitrogens with one attached hydrogen (secondary N) is 1. The number of aryl methyl sites for hydroxylation is 1. The molecule has 7 nitrogen and oxygen atoms in total. The van der Waals surface area contributed by atoms with E-state index in [1.807, 2.05) is 68.4 Å². The molecule has 1 aliphatic heterocycles. The molecule has 1 aromatic heterocycles. The monoisotopic (exact) mass is 486 g/mol. The van der Waals surface area contributed by atoms with E-state index >= 15 is 0 Å². The van der Waals surface area contributed by atoms with E-state index in [0.29, 0.717) is 39.4 Å². The molecule has 0 fully saturated rings. The maximum atomic E-state index is 13.4. The van der Waals surface area contributed by atoms with E-state index in [-0.39, 0.29) is 6.03 Å². The van der Waals surface area contributed by atoms with Crippen molar-refractivity contribution < 1.29 is 14.1 Å². The molecule has 1 aliphatic rings. The van der Waals surface area contributed by atoms with Crippen LogP contribution in [0.3, 0.4) is 0 Å². The third kappa shape index (κ3) is 4.38. The number of urea groups is 1. The second-order valence-corrected chi connectivity index (χ2v) is 8.70. The average Bonchev–Trinajstić information content (AvgIpc) is 3.34. The van der Waals surface area contributed by atoms with Gasteiger partial charge in [-0.15, -0.1) is 0 Å². The first-order valence-corrected chi connectivity index (χ1v) is 11.4. The van der Waals surface area contributed by atoms with Gasteiger partial charge < -0.3 is 14.6 Å². The van der Waals surface area contributed by atoms with Gasteiger partial charge in [0, 0.05) is 22.3 Å². The Kier molecular flexibility index (Phi) is 6.01. The lowest BCUT2D eigenvalue weighted by atomic mass is 9.94. The number of hydrogen-bond acceptors (Lipinski definition) is 5. The molecule has 0 saturated heterocycles. The summed E-state index contributed by atoms with van der Waals surface area (Å²) in [6.45, 7) is 3.90. The number of carbonyl (C=O) groups excluding carboxylic acids is 1. The molecule has 0 bridgehead atoms. The Labute approximate surface area is 208 Å². The predicted octanol–water partition coefficient (Wildman–Crippen LogP) is 6.41. The van der Waals surface area contributed by atoms with Gasteiger partial charge in [0.1, 0.15) is 5.75 Å². The number of halogens is 1. The summed E-state index contributed by atoms with van der Waals surface area (Å²) < 4.78 is 11.1. The topological polar surface area (TPSA) is 80.5 Å². The van der Waals surface area contributed by atoms with Crippen LogP contribution in [0.4, 0.5) is 10.5 Å². The van der Waals surface area contributed by atoms with E-state index in [2.05, 4.69) is 15.5 Å². The Morgan fingerprint density at radius 2 is 1.77 bits per heavy atom. The smallest absolute Gasteiger partial charge is 0.327 e. The number of aromatic nitrogens is 2. The van der Waals surface area contributed by atoms with Crippen molar-refractivity contribution in [2.45, 2.75) is 19.9 Å². The number of anilines is 1. The molecule has 35 heavy (non-hydrogen) atoms. The molecule has 8 heteroatoms. The molecule has 176 valence electrons. The van der Waals surface area contributed by atoms with Crippen molar-refractivity contribution in [2.24, 2.45) is 0 Å². The highest BCUT2D eigenvalue weighted by Crippen LogP contribution is 2.39. The predicted molar refractivity (Wildman–Crippen MR) is 135 cm³/mol. The normalized spacial score (nSPS) is 15.8. The number of carbonyl (C=O) groups is 1. The lowest BCUT2D eigenvalue weighted by Gasteiger charge is -2.35. The highest BCUT2D eigenvalue weighted by atomic mass is 35.5. The van der Waals surface area contributed by atoms with Crippen LogP contribution in [0.25, 0.3) is 17.0 Å². The number of hydrogen-bond donors (Lipinski definition) is 1. The van der Waals surface area contributed by atoms with Crippen LogP contribution in [-0.2, 0) is 0 Å². The lowest BCUT2D eigenvalue weighted by Crippen LogP contribution is -2.46. The van der Waals surface area contributed by atoms with Crippen LogP contribution in [0.15, 0.2) is 83.0 Å². The summed E-state index contributed by atoms with van der Waals surface area (Å²) in [5, 5.41) is 7.94. The minimum Gasteiger partial charge on any atom is -0.497 e. The van der Waals surface area contributed by atoms with Crippen molar-refractivity contribution in [3.8, 4) is 17.1 Å². The van der Waals surface area contributed by atoms with E-state index in [1.165, 1.54) is 0 Å². The molecule has 2 heterocycles. The fourth-order valence-corrected chi connectivity index (χ4v) is 4.26. The van der Waals surface area contributed by atoms with Crippen LogP contribution in [0.2, 0.25) is 5.02 Å². The van der Waals surface area contributed by atoms with Gasteiger partial charge in [-0.25, -0.2) is 4.79 Å². The molecule has 5 rings (SSSR count). The maximum absolute atomic E-state index is 13.4. The average molecular weight is 487 g/mol. The first kappa shape index (κ1) is 22.7. The number of benzene rings is 3. The zero-order valence-corrected chi connectivity index (χ0v) is 20.2. The summed E-state index contributed by atoms with van der Waals surface area (Å²) in [5.41, 5.74) is 4.87. The summed E-state index contributed by atoms with van der Waals surface area (Å²) >= 11 is 6.03. The van der Waals surface area contributed by atoms with Crippen LogP contribution in [0, 0.1) is 6.92 Å². The SMILES string of the molecule is COc1cccc(N2C(=O)NC(c3ccc(C)cc3)C(c3nc(-c4ccc(Cl)cc4)no3)=C2C)c1. The van der Waals surface area contributed by atoms with Gasteiger partial charge in [-0.2, -0.15) is 4.98 Å². The zero-order chi connectivity index (χ0) is 24.5. The fraction of sp³-hybridized carbons (Fsp3) is 0.148. The van der Waals surface area contributed by atoms with E-state index in [9.17, 15) is 4.79 Å². The Hall–Kier alpha value is -4.10. The molecule has 3 aromatic carbocycles. The van der Waals surface area contributed by atoms with Crippen molar-refractivity contribution in [3.63, 3.8) is 0 Å². The number of methoxy groups -OCH3 is 1. The fourth-order valence-electron chi connectivity index (χ4n) is 4.14. The zero-order valence-electron chi connectivity index (χ0n) is 19.4. The molecular formula is C27H23ClN4O3. The molecule has 0 radical (unpaired) electrons. The van der Waals surface area contributed by atoms with Crippen LogP contribution in [0.1, 0.15) is 30.0 Å². The van der Waals surface area contributed by atoms with Gasteiger partial charge in [-0.3, -0.25) is 4.90 Å². The number of nitrogens with zero attached hydrogens (tertiary/aromatic N) is 3. The standard InChI is InChI=1S/C27H23ClN4O3/c1-16-7-9-18(10-8-16)24-23(26-30-25(31-35-26)19-11-13-20(28)14-12-19)17(2)32(27(33)29-24)21-5-4-6-22(15-21)34-3/h4-15,24H,1-3H3,(H,29,33). The van der Waals surface area contributed by atoms with Crippen LogP contribution >= 0.6 is 11.6 Å². The van der Waals surface area contributed by atoms with Gasteiger partial charge >= 0.3 is 6.03 Å². The van der Waals surface area contributed by atoms with Gasteiger partial charge in [-0.05, 0) is 55.8 Å². The minimum atomic E-state index is -0.469. The maximum Gasteiger partial charge on any atom is 0.327 e. The Morgan fingerprint density at radius 3 is 2.49 bits per heavy atom. The molecule has 0 saturated carbocycles. The third-order valence-electron chi connectivity index (χ3n) is 5.97. The molecule has 1 atom stereocenters. The minimum absolute atomic E-state index is 0.262. The summed E-state index contributed by atoms with van der Waals surface area (Å²) in [7, 11) is 1.59. The van der Waals surface area contributed by atoms with Gasteiger partial charge in [-0.1, -0.05) is 52.7 Å². The van der Waals surface area contributed by atoms with Gasteiger partial charge in [0.2, 0.25) is 5.82 Å². The number of allylic oxidation sites excluding steroid dienone is 1. The molecule has 2 amide bonds. The molecule has 0 aliphatic carbocycles.